The summed E-state index contributed by atoms with van der Waals surface area (Å²) in [6.07, 6.45) is 3.04. The first-order valence-electron chi connectivity index (χ1n) is 35.6. The summed E-state index contributed by atoms with van der Waals surface area (Å²) in [5.74, 6) is -9.71. The number of anilines is 2. The molecule has 26 heteroatoms. The van der Waals surface area contributed by atoms with E-state index in [9.17, 15) is 53.1 Å². The molecule has 0 radical (unpaired) electrons. The average Bonchev–Trinajstić information content (AvgIpc) is 0.809. The van der Waals surface area contributed by atoms with E-state index >= 15 is 9.59 Å². The van der Waals surface area contributed by atoms with Crippen LogP contribution in [0.5, 0.6) is 0 Å². The number of likely N-dealkylation sites (N-methyl/N-ethyl adjacent to an activating group) is 7. The number of hydrogen-bond acceptors (Lipinski definition) is 13. The molecule has 566 valence electrons. The molecule has 1 saturated heterocycles. The molecule has 7 N–H and O–H groups in total. The van der Waals surface area contributed by atoms with Crippen LogP contribution in [0, 0.1) is 41.4 Å². The highest BCUT2D eigenvalue weighted by atomic mass is 16.3. The molecule has 101 heavy (non-hydrogen) atoms. The number of rotatable bonds is 17. The predicted molar refractivity (Wildman–Crippen MR) is 394 cm³/mol. The maximum absolute atomic E-state index is 15.1. The van der Waals surface area contributed by atoms with Gasteiger partial charge in [0.25, 0.3) is 0 Å². The minimum Gasteiger partial charge on any atom is -0.390 e. The van der Waals surface area contributed by atoms with E-state index in [2.05, 4.69) is 31.9 Å². The second-order valence-corrected chi connectivity index (χ2v) is 29.4. The van der Waals surface area contributed by atoms with Gasteiger partial charge in [-0.3, -0.25) is 52.7 Å². The molecule has 2 aromatic rings. The van der Waals surface area contributed by atoms with Crippen molar-refractivity contribution in [1.82, 2.24) is 55.6 Å². The Morgan fingerprint density at radius 3 is 1.32 bits per heavy atom. The zero-order valence-corrected chi connectivity index (χ0v) is 64.7. The number of urea groups is 1. The van der Waals surface area contributed by atoms with Gasteiger partial charge in [0.1, 0.15) is 60.4 Å². The number of carbonyl (C=O) groups excluding carboxylic acids is 12. The molecule has 0 aromatic heterocycles. The van der Waals surface area contributed by atoms with Crippen molar-refractivity contribution in [3.8, 4) is 0 Å². The highest BCUT2D eigenvalue weighted by Crippen LogP contribution is 2.26. The SMILES string of the molecule is CC=CCC(C)C(O)C1C(=O)NC(CC)C(=O)N(C)CC(=O)N(C)C(CC(C)C)C(=O)NC(C(C)C)C(=O)N(C)C(CC(C)C)C(=O)NC(C)C(=O)NC(C)C(=O)N(C)C(CC(C)C)C(=O)N(C)C(CC(C)C)C(=O)N(C)C(C(C)C)C(=O)N1C.O=C(Nc1ccccc1)Nc1ccccc1. The molecule has 1 aliphatic rings. The zero-order valence-electron chi connectivity index (χ0n) is 64.7. The molecule has 0 aliphatic carbocycles. The minimum absolute atomic E-state index is 0.0229. The van der Waals surface area contributed by atoms with Gasteiger partial charge in [-0.15, -0.1) is 0 Å². The van der Waals surface area contributed by atoms with E-state index in [0.717, 1.165) is 21.2 Å². The molecule has 3 rings (SSSR count). The van der Waals surface area contributed by atoms with Crippen LogP contribution in [0.25, 0.3) is 0 Å². The van der Waals surface area contributed by atoms with Crippen LogP contribution in [0.3, 0.4) is 0 Å². The Labute approximate surface area is 601 Å². The first-order valence-corrected chi connectivity index (χ1v) is 35.6. The van der Waals surface area contributed by atoms with Gasteiger partial charge in [-0.2, -0.15) is 0 Å². The van der Waals surface area contributed by atoms with Gasteiger partial charge in [0.15, 0.2) is 0 Å². The molecule has 26 nitrogen and oxygen atoms in total. The van der Waals surface area contributed by atoms with Crippen LogP contribution in [-0.4, -0.2) is 233 Å². The standard InChI is InChI=1S/C62H111N11O12.C13H12N2O/c1-25-27-28-40(15)52(75)51-56(79)65-43(26-2)58(81)67(18)33-48(74)68(19)44(29-34(3)4)55(78)66-49(38(11)12)61(84)69(20)45(30-35(5)6)54(77)63-41(16)53(76)64-42(17)57(80)70(21)46(31-36(7)8)59(82)71(22)47(32-37(9)10)60(83)72(23)50(39(13)14)62(85)73(51)24;16-13(14-11-7-3-1-4-8-11)15-12-9-5-2-6-10-12/h25,27,34-47,49-52,75H,26,28-33H2,1-24H3,(H,63,77)(H,64,76)(H,65,79)(H,66,78);1-10H,(H2,14,15,16). The van der Waals surface area contributed by atoms with E-state index in [1.165, 1.54) is 87.7 Å². The maximum Gasteiger partial charge on any atom is 0.323 e. The summed E-state index contributed by atoms with van der Waals surface area (Å²) in [6.45, 7) is 29.3. The Bertz CT molecular complexity index is 3050. The summed E-state index contributed by atoms with van der Waals surface area (Å²) in [6, 6.07) is 6.08. The van der Waals surface area contributed by atoms with Crippen LogP contribution >= 0.6 is 0 Å². The number of nitrogens with one attached hydrogen (secondary N) is 6. The van der Waals surface area contributed by atoms with Gasteiger partial charge < -0.3 is 71.3 Å². The van der Waals surface area contributed by atoms with Crippen LogP contribution in [0.1, 0.15) is 156 Å². The molecular weight excluding hydrogens is 1290 g/mol. The average molecular weight is 1410 g/mol. The van der Waals surface area contributed by atoms with Crippen molar-refractivity contribution >= 4 is 82.4 Å². The summed E-state index contributed by atoms with van der Waals surface area (Å²) in [5.41, 5.74) is 1.55. The minimum atomic E-state index is -1.61. The molecule has 12 unspecified atom stereocenters. The molecule has 0 saturated carbocycles. The van der Waals surface area contributed by atoms with E-state index in [1.54, 1.807) is 54.5 Å². The van der Waals surface area contributed by atoms with Gasteiger partial charge in [0, 0.05) is 60.7 Å². The van der Waals surface area contributed by atoms with Crippen molar-refractivity contribution in [3.63, 3.8) is 0 Å². The highest BCUT2D eigenvalue weighted by Gasteiger charge is 2.46. The monoisotopic (exact) mass is 1410 g/mol. The Balaban J connectivity index is 0.00000187. The third-order valence-electron chi connectivity index (χ3n) is 18.1. The van der Waals surface area contributed by atoms with E-state index in [4.69, 9.17) is 0 Å². The lowest BCUT2D eigenvalue weighted by Gasteiger charge is -2.41. The Kier molecular flexibility index (Phi) is 37.0. The Morgan fingerprint density at radius 1 is 0.475 bits per heavy atom. The number of amides is 13. The fraction of sp³-hybridized carbons (Fsp3) is 0.653. The maximum atomic E-state index is 15.1. The summed E-state index contributed by atoms with van der Waals surface area (Å²) < 4.78 is 0. The van der Waals surface area contributed by atoms with Crippen LogP contribution in [0.4, 0.5) is 16.2 Å². The van der Waals surface area contributed by atoms with Gasteiger partial charge in [0.05, 0.1) is 12.6 Å². The van der Waals surface area contributed by atoms with Crippen molar-refractivity contribution < 1.29 is 62.6 Å². The first kappa shape index (κ1) is 88.7. The number of benzene rings is 2. The van der Waals surface area contributed by atoms with Crippen molar-refractivity contribution in [1.29, 1.82) is 0 Å². The second kappa shape index (κ2) is 42.1. The third kappa shape index (κ3) is 26.8. The summed E-state index contributed by atoms with van der Waals surface area (Å²) in [4.78, 5) is 180. The Morgan fingerprint density at radius 2 is 0.881 bits per heavy atom. The quantitative estimate of drug-likeness (QED) is 0.0822. The van der Waals surface area contributed by atoms with Crippen molar-refractivity contribution in [2.75, 3.05) is 66.5 Å². The smallest absolute Gasteiger partial charge is 0.323 e. The van der Waals surface area contributed by atoms with Crippen LogP contribution in [0.15, 0.2) is 72.8 Å². The summed E-state index contributed by atoms with van der Waals surface area (Å²) >= 11 is 0. The van der Waals surface area contributed by atoms with E-state index in [0.29, 0.717) is 6.42 Å². The van der Waals surface area contributed by atoms with Gasteiger partial charge in [0.2, 0.25) is 65.0 Å². The molecule has 1 aliphatic heterocycles. The van der Waals surface area contributed by atoms with E-state index in [1.807, 2.05) is 122 Å². The van der Waals surface area contributed by atoms with Gasteiger partial charge in [-0.1, -0.05) is 145 Å². The third-order valence-corrected chi connectivity index (χ3v) is 18.1. The Hall–Kier alpha value is -8.42. The molecule has 12 atom stereocenters. The van der Waals surface area contributed by atoms with Gasteiger partial charge in [-0.05, 0) is 125 Å². The lowest BCUT2D eigenvalue weighted by Crippen LogP contribution is -2.63. The van der Waals surface area contributed by atoms with Crippen molar-refractivity contribution in [3.05, 3.63) is 72.8 Å². The van der Waals surface area contributed by atoms with Crippen LogP contribution in [0.2, 0.25) is 0 Å². The molecule has 13 amide bonds. The van der Waals surface area contributed by atoms with Crippen molar-refractivity contribution in [2.45, 2.75) is 223 Å². The zero-order chi connectivity index (χ0) is 77.2. The number of aliphatic hydroxyl groups is 1. The molecule has 0 bridgehead atoms. The molecule has 1 heterocycles. The normalized spacial score (nSPS) is 24.1. The molecule has 1 fully saturated rings. The van der Waals surface area contributed by atoms with Gasteiger partial charge in [-0.25, -0.2) is 4.79 Å². The van der Waals surface area contributed by atoms with Crippen LogP contribution in [-0.2, 0) is 52.7 Å². The number of para-hydroxylation sites is 2. The number of carbonyl (C=O) groups is 12. The second-order valence-electron chi connectivity index (χ2n) is 29.4. The largest absolute Gasteiger partial charge is 0.390 e. The predicted octanol–water partition coefficient (Wildman–Crippen LogP) is 6.60. The van der Waals surface area contributed by atoms with Crippen LogP contribution < -0.4 is 31.9 Å². The van der Waals surface area contributed by atoms with Crippen molar-refractivity contribution in [2.24, 2.45) is 41.4 Å². The fourth-order valence-corrected chi connectivity index (χ4v) is 12.0. The van der Waals surface area contributed by atoms with Gasteiger partial charge >= 0.3 is 6.03 Å². The number of hydrogen-bond donors (Lipinski definition) is 7. The number of nitrogens with zero attached hydrogens (tertiary/aromatic N) is 7. The summed E-state index contributed by atoms with van der Waals surface area (Å²) in [5, 5.41) is 28.5. The highest BCUT2D eigenvalue weighted by molar-refractivity contribution is 6.01. The molecular formula is C75H123N13O13. The number of aliphatic hydroxyl groups excluding tert-OH is 1. The molecule has 2 aromatic carbocycles. The lowest BCUT2D eigenvalue weighted by atomic mass is 9.91. The molecule has 0 spiro atoms. The number of allylic oxidation sites excluding steroid dienone is 2. The lowest BCUT2D eigenvalue weighted by molar-refractivity contribution is -0.157. The summed E-state index contributed by atoms with van der Waals surface area (Å²) in [7, 11) is 9.92. The fourth-order valence-electron chi connectivity index (χ4n) is 12.0. The first-order chi connectivity index (χ1) is 47.1. The van der Waals surface area contributed by atoms with E-state index in [-0.39, 0.29) is 61.8 Å². The van der Waals surface area contributed by atoms with E-state index < -0.39 is 156 Å². The topological polar surface area (TPSA) is 320 Å².